The standard InChI is InChI=1S/C24H24BrN3O3S/c25-17-8-6-7-16(13-17)23(29)27-19-11-4-5-12-20(19)28-24(30)21-15-32-22(26-21)14-31-18-9-2-1-3-10-18/h1-3,6-10,13,15,19-20H,4-5,11-12,14H2,(H,27,29)(H,28,30)/t19-,20+/m1/s1. The van der Waals surface area contributed by atoms with E-state index in [0.29, 0.717) is 17.9 Å². The molecule has 0 unspecified atom stereocenters. The largest absolute Gasteiger partial charge is 0.486 e. The van der Waals surface area contributed by atoms with Gasteiger partial charge in [-0.1, -0.05) is 53.0 Å². The predicted molar refractivity (Wildman–Crippen MR) is 128 cm³/mol. The molecule has 6 nitrogen and oxygen atoms in total. The van der Waals surface area contributed by atoms with E-state index < -0.39 is 0 Å². The van der Waals surface area contributed by atoms with Crippen LogP contribution in [0.1, 0.15) is 51.5 Å². The number of rotatable bonds is 7. The van der Waals surface area contributed by atoms with Gasteiger partial charge < -0.3 is 15.4 Å². The molecular formula is C24H24BrN3O3S. The van der Waals surface area contributed by atoms with E-state index in [1.807, 2.05) is 42.5 Å². The summed E-state index contributed by atoms with van der Waals surface area (Å²) in [4.78, 5) is 29.9. The van der Waals surface area contributed by atoms with E-state index in [4.69, 9.17) is 4.74 Å². The summed E-state index contributed by atoms with van der Waals surface area (Å²) in [6, 6.07) is 16.6. The Labute approximate surface area is 199 Å². The molecule has 1 aliphatic rings. The minimum atomic E-state index is -0.221. The predicted octanol–water partition coefficient (Wildman–Crippen LogP) is 4.96. The molecule has 166 valence electrons. The third-order valence-corrected chi connectivity index (χ3v) is 6.69. The Morgan fingerprint density at radius 2 is 1.72 bits per heavy atom. The van der Waals surface area contributed by atoms with E-state index in [0.717, 1.165) is 40.9 Å². The lowest BCUT2D eigenvalue weighted by Crippen LogP contribution is -2.53. The van der Waals surface area contributed by atoms with Crippen molar-refractivity contribution in [3.05, 3.63) is 80.7 Å². The Morgan fingerprint density at radius 1 is 1.00 bits per heavy atom. The molecule has 0 aliphatic heterocycles. The van der Waals surface area contributed by atoms with Crippen molar-refractivity contribution in [3.8, 4) is 5.75 Å². The minimum Gasteiger partial charge on any atom is -0.486 e. The third kappa shape index (κ3) is 5.95. The molecule has 8 heteroatoms. The first kappa shape index (κ1) is 22.5. The van der Waals surface area contributed by atoms with Gasteiger partial charge in [0, 0.05) is 27.5 Å². The van der Waals surface area contributed by atoms with Gasteiger partial charge in [-0.15, -0.1) is 11.3 Å². The highest BCUT2D eigenvalue weighted by Gasteiger charge is 2.29. The first-order valence-electron chi connectivity index (χ1n) is 10.6. The lowest BCUT2D eigenvalue weighted by molar-refractivity contribution is 0.0860. The molecule has 4 rings (SSSR count). The molecule has 2 amide bonds. The van der Waals surface area contributed by atoms with Crippen LogP contribution in [0.25, 0.3) is 0 Å². The smallest absolute Gasteiger partial charge is 0.271 e. The molecule has 0 bridgehead atoms. The number of carbonyl (C=O) groups excluding carboxylic acids is 2. The summed E-state index contributed by atoms with van der Waals surface area (Å²) >= 11 is 4.80. The van der Waals surface area contributed by atoms with Gasteiger partial charge in [0.25, 0.3) is 11.8 Å². The number of hydrogen-bond donors (Lipinski definition) is 2. The number of benzene rings is 2. The second-order valence-electron chi connectivity index (χ2n) is 7.68. The molecule has 1 aliphatic carbocycles. The van der Waals surface area contributed by atoms with Crippen molar-refractivity contribution in [2.45, 2.75) is 44.4 Å². The molecule has 0 saturated heterocycles. The van der Waals surface area contributed by atoms with Gasteiger partial charge in [-0.25, -0.2) is 4.98 Å². The van der Waals surface area contributed by atoms with E-state index in [2.05, 4.69) is 31.5 Å². The van der Waals surface area contributed by atoms with Crippen molar-refractivity contribution in [1.82, 2.24) is 15.6 Å². The monoisotopic (exact) mass is 513 g/mol. The van der Waals surface area contributed by atoms with Gasteiger partial charge >= 0.3 is 0 Å². The summed E-state index contributed by atoms with van der Waals surface area (Å²) in [5.41, 5.74) is 0.974. The highest BCUT2D eigenvalue weighted by atomic mass is 79.9. The molecule has 2 aromatic carbocycles. The fourth-order valence-electron chi connectivity index (χ4n) is 3.74. The van der Waals surface area contributed by atoms with Crippen LogP contribution in [0, 0.1) is 0 Å². The van der Waals surface area contributed by atoms with Crippen molar-refractivity contribution >= 4 is 39.1 Å². The molecule has 0 spiro atoms. The van der Waals surface area contributed by atoms with Crippen molar-refractivity contribution in [1.29, 1.82) is 0 Å². The number of hydrogen-bond acceptors (Lipinski definition) is 5. The normalized spacial score (nSPS) is 18.0. The number of carbonyl (C=O) groups is 2. The molecule has 1 fully saturated rings. The summed E-state index contributed by atoms with van der Waals surface area (Å²) in [6.45, 7) is 0.316. The Morgan fingerprint density at radius 3 is 2.44 bits per heavy atom. The molecular weight excluding hydrogens is 490 g/mol. The lowest BCUT2D eigenvalue weighted by atomic mass is 9.90. The van der Waals surface area contributed by atoms with E-state index in [9.17, 15) is 9.59 Å². The Balaban J connectivity index is 1.35. The lowest BCUT2D eigenvalue weighted by Gasteiger charge is -2.32. The van der Waals surface area contributed by atoms with Crippen LogP contribution < -0.4 is 15.4 Å². The van der Waals surface area contributed by atoms with Crippen LogP contribution in [0.4, 0.5) is 0 Å². The number of nitrogens with zero attached hydrogens (tertiary/aromatic N) is 1. The molecule has 2 N–H and O–H groups in total. The molecule has 1 saturated carbocycles. The number of halogens is 1. The Bertz CT molecular complexity index is 1070. The van der Waals surface area contributed by atoms with Crippen LogP contribution in [0.3, 0.4) is 0 Å². The van der Waals surface area contributed by atoms with Crippen LogP contribution in [0.5, 0.6) is 5.75 Å². The van der Waals surface area contributed by atoms with Crippen molar-refractivity contribution in [2.75, 3.05) is 0 Å². The van der Waals surface area contributed by atoms with Gasteiger partial charge in [0.2, 0.25) is 0 Å². The zero-order valence-electron chi connectivity index (χ0n) is 17.4. The maximum absolute atomic E-state index is 12.8. The Hall–Kier alpha value is -2.71. The van der Waals surface area contributed by atoms with Crippen LogP contribution in [0.2, 0.25) is 0 Å². The van der Waals surface area contributed by atoms with Crippen LogP contribution in [0.15, 0.2) is 64.5 Å². The molecule has 2 atom stereocenters. The molecule has 0 radical (unpaired) electrons. The number of para-hydroxylation sites is 1. The fraction of sp³-hybridized carbons (Fsp3) is 0.292. The third-order valence-electron chi connectivity index (χ3n) is 5.38. The van der Waals surface area contributed by atoms with E-state index in [-0.39, 0.29) is 23.9 Å². The SMILES string of the molecule is O=C(N[C@@H]1CCCC[C@@H]1NC(=O)c1csc(COc2ccccc2)n1)c1cccc(Br)c1. The number of aromatic nitrogens is 1. The van der Waals surface area contributed by atoms with E-state index in [1.54, 1.807) is 17.5 Å². The van der Waals surface area contributed by atoms with Crippen molar-refractivity contribution in [3.63, 3.8) is 0 Å². The summed E-state index contributed by atoms with van der Waals surface area (Å²) < 4.78 is 6.57. The summed E-state index contributed by atoms with van der Waals surface area (Å²) in [6.07, 6.45) is 3.69. The number of thiazole rings is 1. The summed E-state index contributed by atoms with van der Waals surface area (Å²) in [5, 5.41) is 8.67. The van der Waals surface area contributed by atoms with Gasteiger partial charge in [0.05, 0.1) is 0 Å². The fourth-order valence-corrected chi connectivity index (χ4v) is 4.83. The maximum Gasteiger partial charge on any atom is 0.271 e. The van der Waals surface area contributed by atoms with Crippen molar-refractivity contribution < 1.29 is 14.3 Å². The number of ether oxygens (including phenoxy) is 1. The zero-order valence-corrected chi connectivity index (χ0v) is 19.8. The van der Waals surface area contributed by atoms with Gasteiger partial charge in [0.15, 0.2) is 0 Å². The van der Waals surface area contributed by atoms with Crippen LogP contribution >= 0.6 is 27.3 Å². The van der Waals surface area contributed by atoms with Crippen molar-refractivity contribution in [2.24, 2.45) is 0 Å². The van der Waals surface area contributed by atoms with Gasteiger partial charge in [0.1, 0.15) is 23.1 Å². The second-order valence-corrected chi connectivity index (χ2v) is 9.54. The van der Waals surface area contributed by atoms with E-state index in [1.165, 1.54) is 11.3 Å². The molecule has 1 aromatic heterocycles. The minimum absolute atomic E-state index is 0.112. The molecule has 3 aromatic rings. The van der Waals surface area contributed by atoms with E-state index >= 15 is 0 Å². The molecule has 32 heavy (non-hydrogen) atoms. The average Bonchev–Trinajstić information content (AvgIpc) is 3.29. The first-order chi connectivity index (χ1) is 15.6. The highest BCUT2D eigenvalue weighted by Crippen LogP contribution is 2.21. The van der Waals surface area contributed by atoms with Crippen LogP contribution in [-0.4, -0.2) is 28.9 Å². The highest BCUT2D eigenvalue weighted by molar-refractivity contribution is 9.10. The van der Waals surface area contributed by atoms with Gasteiger partial charge in [-0.2, -0.15) is 0 Å². The Kier molecular flexibility index (Phi) is 7.55. The molecule has 1 heterocycles. The summed E-state index contributed by atoms with van der Waals surface area (Å²) in [7, 11) is 0. The van der Waals surface area contributed by atoms with Gasteiger partial charge in [-0.3, -0.25) is 9.59 Å². The quantitative estimate of drug-likeness (QED) is 0.468. The van der Waals surface area contributed by atoms with Crippen LogP contribution in [-0.2, 0) is 6.61 Å². The number of nitrogens with one attached hydrogen (secondary N) is 2. The second kappa shape index (κ2) is 10.7. The topological polar surface area (TPSA) is 80.3 Å². The number of amides is 2. The first-order valence-corrected chi connectivity index (χ1v) is 12.3. The average molecular weight is 514 g/mol. The zero-order chi connectivity index (χ0) is 22.3. The van der Waals surface area contributed by atoms with Gasteiger partial charge in [-0.05, 0) is 43.2 Å². The summed E-state index contributed by atoms with van der Waals surface area (Å²) in [5.74, 6) is 0.409. The maximum atomic E-state index is 12.8.